The predicted octanol–water partition coefficient (Wildman–Crippen LogP) is 1.46. The van der Waals surface area contributed by atoms with Gasteiger partial charge in [0.15, 0.2) is 0 Å². The maximum Gasteiger partial charge on any atom is 0.0727 e. The summed E-state index contributed by atoms with van der Waals surface area (Å²) in [4.78, 5) is 14.0. The van der Waals surface area contributed by atoms with E-state index in [2.05, 4.69) is 19.8 Å². The quantitative estimate of drug-likeness (QED) is 0.791. The fraction of sp³-hybridized carbons (Fsp3) is 0.714. The van der Waals surface area contributed by atoms with Gasteiger partial charge in [0.05, 0.1) is 11.4 Å². The van der Waals surface area contributed by atoms with Crippen molar-refractivity contribution in [2.75, 3.05) is 26.2 Å². The fourth-order valence-electron chi connectivity index (χ4n) is 3.09. The summed E-state index contributed by atoms with van der Waals surface area (Å²) >= 11 is 0. The van der Waals surface area contributed by atoms with Crippen molar-refractivity contribution >= 4 is 0 Å². The van der Waals surface area contributed by atoms with Crippen LogP contribution in [0.25, 0.3) is 0 Å². The molecule has 2 fully saturated rings. The number of rotatable bonds is 2. The molecule has 2 aliphatic heterocycles. The van der Waals surface area contributed by atoms with Crippen molar-refractivity contribution in [2.45, 2.75) is 38.8 Å². The van der Waals surface area contributed by atoms with Crippen LogP contribution in [0.15, 0.2) is 12.4 Å². The van der Waals surface area contributed by atoms with Crippen molar-refractivity contribution in [1.82, 2.24) is 19.8 Å². The summed E-state index contributed by atoms with van der Waals surface area (Å²) in [6.07, 6.45) is 7.95. The first-order valence-electron chi connectivity index (χ1n) is 7.05. The number of hydrogen-bond acceptors (Lipinski definition) is 4. The molecule has 0 bridgehead atoms. The van der Waals surface area contributed by atoms with E-state index in [1.165, 1.54) is 45.4 Å². The topological polar surface area (TPSA) is 32.3 Å². The van der Waals surface area contributed by atoms with Crippen LogP contribution in [0.4, 0.5) is 0 Å². The van der Waals surface area contributed by atoms with Gasteiger partial charge in [0.2, 0.25) is 0 Å². The van der Waals surface area contributed by atoms with Crippen molar-refractivity contribution in [2.24, 2.45) is 0 Å². The smallest absolute Gasteiger partial charge is 0.0727 e. The lowest BCUT2D eigenvalue weighted by atomic mass is 9.99. The Morgan fingerprint density at radius 3 is 2.94 bits per heavy atom. The molecule has 4 nitrogen and oxygen atoms in total. The molecule has 98 valence electrons. The van der Waals surface area contributed by atoms with Crippen LogP contribution in [0.5, 0.6) is 0 Å². The van der Waals surface area contributed by atoms with Gasteiger partial charge in [-0.1, -0.05) is 6.42 Å². The van der Waals surface area contributed by atoms with Gasteiger partial charge in [-0.25, -0.2) is 0 Å². The maximum atomic E-state index is 4.46. The van der Waals surface area contributed by atoms with Gasteiger partial charge < -0.3 is 0 Å². The number of fused-ring (bicyclic) bond motifs is 1. The highest BCUT2D eigenvalue weighted by Gasteiger charge is 2.28. The Kier molecular flexibility index (Phi) is 3.57. The maximum absolute atomic E-state index is 4.46. The minimum atomic E-state index is 0.783. The molecule has 0 saturated carbocycles. The minimum Gasteiger partial charge on any atom is -0.298 e. The molecule has 3 rings (SSSR count). The standard InChI is InChI=1S/C14H22N4/c1-12-8-16-13(9-15-12)10-17-6-7-18-5-3-2-4-14(18)11-17/h8-9,14H,2-7,10-11H2,1H3. The Morgan fingerprint density at radius 2 is 2.11 bits per heavy atom. The van der Waals surface area contributed by atoms with Crippen LogP contribution in [-0.2, 0) is 6.54 Å². The van der Waals surface area contributed by atoms with E-state index in [0.29, 0.717) is 0 Å². The van der Waals surface area contributed by atoms with E-state index < -0.39 is 0 Å². The number of piperidine rings is 1. The third-order valence-electron chi connectivity index (χ3n) is 4.14. The van der Waals surface area contributed by atoms with Crippen molar-refractivity contribution in [3.63, 3.8) is 0 Å². The van der Waals surface area contributed by atoms with E-state index >= 15 is 0 Å². The number of aryl methyl sites for hydroxylation is 1. The summed E-state index contributed by atoms with van der Waals surface area (Å²) in [7, 11) is 0. The van der Waals surface area contributed by atoms with E-state index in [4.69, 9.17) is 0 Å². The molecule has 1 aromatic rings. The van der Waals surface area contributed by atoms with Crippen LogP contribution in [0.3, 0.4) is 0 Å². The average Bonchev–Trinajstić information content (AvgIpc) is 2.41. The second kappa shape index (κ2) is 5.33. The summed E-state index contributed by atoms with van der Waals surface area (Å²) in [5.74, 6) is 0. The van der Waals surface area contributed by atoms with E-state index in [0.717, 1.165) is 24.0 Å². The first-order chi connectivity index (χ1) is 8.81. The van der Waals surface area contributed by atoms with Crippen molar-refractivity contribution in [3.05, 3.63) is 23.8 Å². The second-order valence-corrected chi connectivity index (χ2v) is 5.57. The highest BCUT2D eigenvalue weighted by molar-refractivity contribution is 5.01. The van der Waals surface area contributed by atoms with Gasteiger partial charge in [0.1, 0.15) is 0 Å². The molecule has 0 aliphatic carbocycles. The zero-order chi connectivity index (χ0) is 12.4. The molecule has 1 atom stereocenters. The molecule has 1 unspecified atom stereocenters. The summed E-state index contributed by atoms with van der Waals surface area (Å²) in [5, 5.41) is 0. The molecular formula is C14H22N4. The lowest BCUT2D eigenvalue weighted by Gasteiger charge is -2.43. The first kappa shape index (κ1) is 12.1. The SMILES string of the molecule is Cc1cnc(CN2CCN3CCCCC3C2)cn1. The van der Waals surface area contributed by atoms with Crippen molar-refractivity contribution < 1.29 is 0 Å². The van der Waals surface area contributed by atoms with Crippen molar-refractivity contribution in [3.8, 4) is 0 Å². The van der Waals surface area contributed by atoms with Gasteiger partial charge in [0, 0.05) is 44.6 Å². The van der Waals surface area contributed by atoms with Gasteiger partial charge >= 0.3 is 0 Å². The summed E-state index contributed by atoms with van der Waals surface area (Å²) in [6, 6.07) is 0.783. The van der Waals surface area contributed by atoms with Gasteiger partial charge in [-0.3, -0.25) is 19.8 Å². The van der Waals surface area contributed by atoms with E-state index in [-0.39, 0.29) is 0 Å². The molecular weight excluding hydrogens is 224 g/mol. The van der Waals surface area contributed by atoms with E-state index in [1.807, 2.05) is 19.3 Å². The number of nitrogens with zero attached hydrogens (tertiary/aromatic N) is 4. The number of aromatic nitrogens is 2. The summed E-state index contributed by atoms with van der Waals surface area (Å²) < 4.78 is 0. The molecule has 0 spiro atoms. The number of piperazine rings is 1. The molecule has 18 heavy (non-hydrogen) atoms. The molecule has 0 N–H and O–H groups in total. The Bertz CT molecular complexity index is 389. The predicted molar refractivity (Wildman–Crippen MR) is 71.3 cm³/mol. The van der Waals surface area contributed by atoms with Gasteiger partial charge in [-0.05, 0) is 26.3 Å². The van der Waals surface area contributed by atoms with Crippen molar-refractivity contribution in [1.29, 1.82) is 0 Å². The van der Waals surface area contributed by atoms with Crippen LogP contribution in [-0.4, -0.2) is 52.0 Å². The van der Waals surface area contributed by atoms with Gasteiger partial charge in [0.25, 0.3) is 0 Å². The molecule has 1 aromatic heterocycles. The zero-order valence-electron chi connectivity index (χ0n) is 11.2. The largest absolute Gasteiger partial charge is 0.298 e. The third-order valence-corrected chi connectivity index (χ3v) is 4.14. The monoisotopic (exact) mass is 246 g/mol. The van der Waals surface area contributed by atoms with Crippen LogP contribution in [0.2, 0.25) is 0 Å². The van der Waals surface area contributed by atoms with Crippen LogP contribution in [0.1, 0.15) is 30.7 Å². The van der Waals surface area contributed by atoms with Gasteiger partial charge in [-0.2, -0.15) is 0 Å². The molecule has 2 saturated heterocycles. The highest BCUT2D eigenvalue weighted by atomic mass is 15.3. The molecule has 4 heteroatoms. The van der Waals surface area contributed by atoms with Gasteiger partial charge in [-0.15, -0.1) is 0 Å². The number of hydrogen-bond donors (Lipinski definition) is 0. The zero-order valence-corrected chi connectivity index (χ0v) is 11.2. The minimum absolute atomic E-state index is 0.783. The Labute approximate surface area is 109 Å². The average molecular weight is 246 g/mol. The molecule has 3 heterocycles. The van der Waals surface area contributed by atoms with Crippen LogP contribution in [0, 0.1) is 6.92 Å². The second-order valence-electron chi connectivity index (χ2n) is 5.57. The van der Waals surface area contributed by atoms with Crippen LogP contribution >= 0.6 is 0 Å². The highest BCUT2D eigenvalue weighted by Crippen LogP contribution is 2.21. The Morgan fingerprint density at radius 1 is 1.17 bits per heavy atom. The lowest BCUT2D eigenvalue weighted by molar-refractivity contribution is 0.0450. The Balaban J connectivity index is 1.59. The lowest BCUT2D eigenvalue weighted by Crippen LogP contribution is -2.54. The Hall–Kier alpha value is -1.00. The fourth-order valence-corrected chi connectivity index (χ4v) is 3.09. The van der Waals surface area contributed by atoms with E-state index in [1.54, 1.807) is 0 Å². The van der Waals surface area contributed by atoms with E-state index in [9.17, 15) is 0 Å². The molecule has 0 amide bonds. The first-order valence-corrected chi connectivity index (χ1v) is 7.05. The molecule has 0 radical (unpaired) electrons. The van der Waals surface area contributed by atoms with Crippen LogP contribution < -0.4 is 0 Å². The molecule has 0 aromatic carbocycles. The summed E-state index contributed by atoms with van der Waals surface area (Å²) in [6.45, 7) is 7.85. The normalized spacial score (nSPS) is 25.9. The summed E-state index contributed by atoms with van der Waals surface area (Å²) in [5.41, 5.74) is 2.10. The molecule has 2 aliphatic rings. The third kappa shape index (κ3) is 2.70.